The minimum Gasteiger partial charge on any atom is -0.378 e. The monoisotopic (exact) mass is 351 g/mol. The van der Waals surface area contributed by atoms with Crippen molar-refractivity contribution in [2.45, 2.75) is 25.1 Å². The van der Waals surface area contributed by atoms with Crippen molar-refractivity contribution in [3.05, 3.63) is 41.9 Å². The van der Waals surface area contributed by atoms with Gasteiger partial charge in [-0.2, -0.15) is 13.2 Å². The molecule has 1 aromatic carbocycles. The number of rotatable bonds is 4. The van der Waals surface area contributed by atoms with Gasteiger partial charge in [0.1, 0.15) is 5.82 Å². The predicted octanol–water partition coefficient (Wildman–Crippen LogP) is 3.88. The molecule has 25 heavy (non-hydrogen) atoms. The van der Waals surface area contributed by atoms with Crippen molar-refractivity contribution in [2.75, 3.05) is 26.3 Å². The third-order valence-corrected chi connectivity index (χ3v) is 4.86. The molecule has 2 aliphatic rings. The van der Waals surface area contributed by atoms with Gasteiger partial charge in [-0.3, -0.25) is 4.90 Å². The van der Waals surface area contributed by atoms with Crippen LogP contribution in [0.3, 0.4) is 0 Å². The van der Waals surface area contributed by atoms with Gasteiger partial charge in [0.25, 0.3) is 0 Å². The summed E-state index contributed by atoms with van der Waals surface area (Å²) in [6.45, 7) is 3.27. The molecule has 2 aromatic rings. The molecule has 2 fully saturated rings. The van der Waals surface area contributed by atoms with Crippen molar-refractivity contribution < 1.29 is 17.9 Å². The fraction of sp³-hybridized carbons (Fsp3) is 0.500. The van der Waals surface area contributed by atoms with Gasteiger partial charge in [-0.1, -0.05) is 12.1 Å². The molecular formula is C18H20F3N3O. The molecule has 1 aliphatic heterocycles. The summed E-state index contributed by atoms with van der Waals surface area (Å²) in [6, 6.07) is 5.22. The molecule has 4 nitrogen and oxygen atoms in total. The number of aromatic nitrogens is 2. The van der Waals surface area contributed by atoms with Gasteiger partial charge in [0.2, 0.25) is 0 Å². The Hall–Kier alpha value is -1.86. The van der Waals surface area contributed by atoms with Crippen LogP contribution in [0.1, 0.15) is 30.3 Å². The van der Waals surface area contributed by atoms with Gasteiger partial charge in [0.05, 0.1) is 36.7 Å². The van der Waals surface area contributed by atoms with Crippen LogP contribution >= 0.6 is 0 Å². The van der Waals surface area contributed by atoms with E-state index in [1.54, 1.807) is 6.20 Å². The maximum Gasteiger partial charge on any atom is 0.416 e. The van der Waals surface area contributed by atoms with E-state index in [1.807, 2.05) is 0 Å². The van der Waals surface area contributed by atoms with Crippen molar-refractivity contribution >= 4 is 0 Å². The number of ether oxygens (including phenoxy) is 1. The smallest absolute Gasteiger partial charge is 0.378 e. The summed E-state index contributed by atoms with van der Waals surface area (Å²) >= 11 is 0. The Balaban J connectivity index is 1.52. The molecule has 1 atom stereocenters. The molecule has 0 radical (unpaired) electrons. The van der Waals surface area contributed by atoms with Crippen LogP contribution in [0.5, 0.6) is 0 Å². The number of hydrogen-bond acceptors (Lipinski definition) is 3. The minimum atomic E-state index is -4.32. The van der Waals surface area contributed by atoms with Gasteiger partial charge >= 0.3 is 6.18 Å². The van der Waals surface area contributed by atoms with Gasteiger partial charge in [-0.15, -0.1) is 0 Å². The quantitative estimate of drug-likeness (QED) is 0.909. The Kier molecular flexibility index (Phi) is 4.29. The minimum absolute atomic E-state index is 0.0811. The number of benzene rings is 1. The Morgan fingerprint density at radius 3 is 2.64 bits per heavy atom. The number of nitrogens with one attached hydrogen (secondary N) is 1. The molecular weight excluding hydrogens is 331 g/mol. The lowest BCUT2D eigenvalue weighted by Crippen LogP contribution is -2.41. The molecule has 1 saturated carbocycles. The van der Waals surface area contributed by atoms with Crippen molar-refractivity contribution in [3.8, 4) is 11.3 Å². The number of H-pyrrole nitrogens is 1. The highest BCUT2D eigenvalue weighted by Gasteiger charge is 2.32. The van der Waals surface area contributed by atoms with Gasteiger partial charge in [-0.05, 0) is 36.5 Å². The Labute approximate surface area is 144 Å². The van der Waals surface area contributed by atoms with Crippen molar-refractivity contribution in [3.63, 3.8) is 0 Å². The van der Waals surface area contributed by atoms with Crippen LogP contribution in [0.4, 0.5) is 13.2 Å². The van der Waals surface area contributed by atoms with E-state index in [0.29, 0.717) is 12.2 Å². The number of nitrogens with zero attached hydrogens (tertiary/aromatic N) is 2. The summed E-state index contributed by atoms with van der Waals surface area (Å²) in [5, 5.41) is 0. The molecule has 0 amide bonds. The van der Waals surface area contributed by atoms with Crippen LogP contribution in [-0.4, -0.2) is 41.2 Å². The van der Waals surface area contributed by atoms with E-state index in [2.05, 4.69) is 14.9 Å². The zero-order valence-electron chi connectivity index (χ0n) is 13.7. The Morgan fingerprint density at radius 2 is 1.96 bits per heavy atom. The predicted molar refractivity (Wildman–Crippen MR) is 86.9 cm³/mol. The third-order valence-electron chi connectivity index (χ3n) is 4.86. The maximum absolute atomic E-state index is 12.7. The van der Waals surface area contributed by atoms with E-state index in [9.17, 15) is 13.2 Å². The molecule has 4 rings (SSSR count). The summed E-state index contributed by atoms with van der Waals surface area (Å²) in [5.41, 5.74) is 0.769. The Bertz CT molecular complexity index is 722. The average Bonchev–Trinajstić information content (AvgIpc) is 3.27. The molecule has 1 saturated heterocycles. The van der Waals surface area contributed by atoms with Crippen LogP contribution in [0, 0.1) is 5.92 Å². The molecule has 0 bridgehead atoms. The summed E-state index contributed by atoms with van der Waals surface area (Å²) in [6.07, 6.45) is -0.0552. The van der Waals surface area contributed by atoms with E-state index in [1.165, 1.54) is 25.0 Å². The molecule has 7 heteroatoms. The number of morpholine rings is 1. The second kappa shape index (κ2) is 6.46. The molecule has 0 spiro atoms. The maximum atomic E-state index is 12.7. The normalized spacial score (nSPS) is 22.3. The van der Waals surface area contributed by atoms with Crippen molar-refractivity contribution in [1.29, 1.82) is 0 Å². The van der Waals surface area contributed by atoms with E-state index >= 15 is 0 Å². The molecule has 134 valence electrons. The zero-order valence-corrected chi connectivity index (χ0v) is 13.7. The first-order valence-corrected chi connectivity index (χ1v) is 8.55. The fourth-order valence-corrected chi connectivity index (χ4v) is 3.23. The number of imidazole rings is 1. The fourth-order valence-electron chi connectivity index (χ4n) is 3.23. The molecule has 1 N–H and O–H groups in total. The topological polar surface area (TPSA) is 41.1 Å². The Morgan fingerprint density at radius 1 is 1.20 bits per heavy atom. The second-order valence-electron chi connectivity index (χ2n) is 6.79. The molecule has 2 heterocycles. The lowest BCUT2D eigenvalue weighted by molar-refractivity contribution is -0.137. The van der Waals surface area contributed by atoms with E-state index in [4.69, 9.17) is 4.74 Å². The summed E-state index contributed by atoms with van der Waals surface area (Å²) in [7, 11) is 0. The van der Waals surface area contributed by atoms with Gasteiger partial charge in [0, 0.05) is 13.1 Å². The summed E-state index contributed by atoms with van der Waals surface area (Å²) < 4.78 is 43.7. The van der Waals surface area contributed by atoms with Crippen LogP contribution in [-0.2, 0) is 10.9 Å². The number of hydrogen-bond donors (Lipinski definition) is 1. The highest BCUT2D eigenvalue weighted by molar-refractivity contribution is 5.59. The molecule has 1 aliphatic carbocycles. The highest BCUT2D eigenvalue weighted by Crippen LogP contribution is 2.34. The first-order valence-electron chi connectivity index (χ1n) is 8.55. The average molecular weight is 351 g/mol. The second-order valence-corrected chi connectivity index (χ2v) is 6.79. The van der Waals surface area contributed by atoms with Crippen LogP contribution in [0.2, 0.25) is 0 Å². The van der Waals surface area contributed by atoms with E-state index in [-0.39, 0.29) is 6.04 Å². The van der Waals surface area contributed by atoms with Crippen LogP contribution < -0.4 is 0 Å². The van der Waals surface area contributed by atoms with Gasteiger partial charge in [0.15, 0.2) is 0 Å². The van der Waals surface area contributed by atoms with Crippen molar-refractivity contribution in [1.82, 2.24) is 14.9 Å². The highest BCUT2D eigenvalue weighted by atomic mass is 19.4. The van der Waals surface area contributed by atoms with E-state index in [0.717, 1.165) is 49.3 Å². The van der Waals surface area contributed by atoms with Gasteiger partial charge in [-0.25, -0.2) is 4.98 Å². The number of aromatic amines is 1. The van der Waals surface area contributed by atoms with E-state index < -0.39 is 11.7 Å². The third kappa shape index (κ3) is 3.72. The number of halogens is 3. The molecule has 1 aromatic heterocycles. The number of alkyl halides is 3. The van der Waals surface area contributed by atoms with Crippen LogP contribution in [0.15, 0.2) is 30.5 Å². The summed E-state index contributed by atoms with van der Waals surface area (Å²) in [4.78, 5) is 10.1. The largest absolute Gasteiger partial charge is 0.416 e. The van der Waals surface area contributed by atoms with Gasteiger partial charge < -0.3 is 9.72 Å². The van der Waals surface area contributed by atoms with Crippen LogP contribution in [0.25, 0.3) is 11.3 Å². The summed E-state index contributed by atoms with van der Waals surface area (Å²) in [5.74, 6) is 1.60. The van der Waals surface area contributed by atoms with Crippen molar-refractivity contribution in [2.24, 2.45) is 5.92 Å². The lowest BCUT2D eigenvalue weighted by atomic mass is 10.1. The first kappa shape index (κ1) is 16.6. The first-order chi connectivity index (χ1) is 12.0. The SMILES string of the molecule is FC(F)(F)c1ccc(-c2cnc(C3COCCN3CC3CC3)[nH]2)cc1. The lowest BCUT2D eigenvalue weighted by Gasteiger charge is -2.34. The molecule has 1 unspecified atom stereocenters. The zero-order chi connectivity index (χ0) is 17.4. The standard InChI is InChI=1S/C18H20F3N3O/c19-18(20,21)14-5-3-13(4-6-14)15-9-22-17(23-15)16-11-25-8-7-24(16)10-12-1-2-12/h3-6,9,12,16H,1-2,7-8,10-11H2,(H,22,23).